The molecule has 0 aromatic carbocycles. The average molecular weight is 279 g/mol. The lowest BCUT2D eigenvalue weighted by Gasteiger charge is -2.29. The van der Waals surface area contributed by atoms with Gasteiger partial charge in [0, 0.05) is 30.9 Å². The first-order valence-electron chi connectivity index (χ1n) is 6.54. The summed E-state index contributed by atoms with van der Waals surface area (Å²) in [5.74, 6) is 0.0485. The molecule has 7 nitrogen and oxygen atoms in total. The number of aromatic nitrogens is 1. The van der Waals surface area contributed by atoms with E-state index in [0.29, 0.717) is 18.5 Å². The highest BCUT2D eigenvalue weighted by Crippen LogP contribution is 2.28. The average Bonchev–Trinajstić information content (AvgIpc) is 2.77. The number of nitrogens with zero attached hydrogens (tertiary/aromatic N) is 4. The van der Waals surface area contributed by atoms with Crippen molar-refractivity contribution in [3.63, 3.8) is 0 Å². The fraction of sp³-hybridized carbons (Fsp3) is 0.538. The molecule has 2 heterocycles. The van der Waals surface area contributed by atoms with Crippen LogP contribution in [0.2, 0.25) is 0 Å². The van der Waals surface area contributed by atoms with Crippen LogP contribution in [0, 0.1) is 0 Å². The summed E-state index contributed by atoms with van der Waals surface area (Å²) < 4.78 is 0. The third kappa shape index (κ3) is 3.00. The second kappa shape index (κ2) is 6.06. The second-order valence-electron chi connectivity index (χ2n) is 5.34. The maximum atomic E-state index is 9.94. The molecule has 20 heavy (non-hydrogen) atoms. The maximum Gasteiger partial charge on any atom is 0.172 e. The molecule has 0 saturated carbocycles. The minimum absolute atomic E-state index is 0.0485. The fourth-order valence-electron chi connectivity index (χ4n) is 2.67. The number of amidine groups is 1. The van der Waals surface area contributed by atoms with Crippen molar-refractivity contribution in [1.29, 1.82) is 0 Å². The number of hydrogen-bond acceptors (Lipinski definition) is 6. The predicted octanol–water partition coefficient (Wildman–Crippen LogP) is -0.323. The Balaban J connectivity index is 2.34. The van der Waals surface area contributed by atoms with Gasteiger partial charge in [-0.25, -0.2) is 0 Å². The summed E-state index contributed by atoms with van der Waals surface area (Å²) in [5.41, 5.74) is 7.13. The summed E-state index contributed by atoms with van der Waals surface area (Å²) in [4.78, 5) is 8.27. The quantitative estimate of drug-likeness (QED) is 0.302. The molecule has 1 aliphatic heterocycles. The van der Waals surface area contributed by atoms with Gasteiger partial charge < -0.3 is 25.8 Å². The van der Waals surface area contributed by atoms with Crippen LogP contribution < -0.4 is 10.6 Å². The summed E-state index contributed by atoms with van der Waals surface area (Å²) in [5, 5.41) is 21.9. The molecule has 2 atom stereocenters. The lowest BCUT2D eigenvalue weighted by Crippen LogP contribution is -2.38. The van der Waals surface area contributed by atoms with E-state index in [-0.39, 0.29) is 18.0 Å². The van der Waals surface area contributed by atoms with Crippen LogP contribution in [0.1, 0.15) is 12.0 Å². The van der Waals surface area contributed by atoms with Gasteiger partial charge in [0.15, 0.2) is 5.84 Å². The molecule has 7 heteroatoms. The Morgan fingerprint density at radius 2 is 2.35 bits per heavy atom. The van der Waals surface area contributed by atoms with E-state index in [1.165, 1.54) is 0 Å². The van der Waals surface area contributed by atoms with Gasteiger partial charge in [-0.1, -0.05) is 5.16 Å². The van der Waals surface area contributed by atoms with Crippen LogP contribution in [-0.4, -0.2) is 65.4 Å². The molecule has 0 amide bonds. The topological polar surface area (TPSA) is 98.2 Å². The Kier molecular flexibility index (Phi) is 4.41. The van der Waals surface area contributed by atoms with Gasteiger partial charge in [0.05, 0.1) is 18.0 Å². The van der Waals surface area contributed by atoms with Crippen LogP contribution in [0.4, 0.5) is 5.69 Å². The van der Waals surface area contributed by atoms with Gasteiger partial charge in [0.25, 0.3) is 0 Å². The second-order valence-corrected chi connectivity index (χ2v) is 5.34. The van der Waals surface area contributed by atoms with E-state index in [9.17, 15) is 5.11 Å². The van der Waals surface area contributed by atoms with E-state index in [1.54, 1.807) is 18.5 Å². The minimum atomic E-state index is -0.375. The van der Waals surface area contributed by atoms with Crippen LogP contribution in [0.25, 0.3) is 0 Å². The summed E-state index contributed by atoms with van der Waals surface area (Å²) in [6.07, 6.45) is 3.61. The smallest absolute Gasteiger partial charge is 0.172 e. The number of likely N-dealkylation sites (N-methyl/N-ethyl adjacent to an activating group) is 1. The van der Waals surface area contributed by atoms with E-state index in [0.717, 1.165) is 12.2 Å². The van der Waals surface area contributed by atoms with Gasteiger partial charge in [-0.05, 0) is 26.6 Å². The van der Waals surface area contributed by atoms with Gasteiger partial charge in [-0.15, -0.1) is 0 Å². The Morgan fingerprint density at radius 1 is 1.60 bits per heavy atom. The van der Waals surface area contributed by atoms with E-state index in [2.05, 4.69) is 19.9 Å². The number of nitrogens with two attached hydrogens (primary N) is 1. The highest BCUT2D eigenvalue weighted by atomic mass is 16.4. The molecule has 1 aromatic rings. The summed E-state index contributed by atoms with van der Waals surface area (Å²) in [7, 11) is 3.99. The summed E-state index contributed by atoms with van der Waals surface area (Å²) in [6.45, 7) is 1.34. The standard InChI is InChI=1S/C13H21N5O2/c1-17(2)7-9-5-10(19)8-18(9)12-6-15-4-3-11(12)13(14)16-20/h3-4,6,9-10,19-20H,5,7-8H2,1-2H3,(H2,14,16). The molecular formula is C13H21N5O2. The first-order valence-corrected chi connectivity index (χ1v) is 6.54. The number of β-amino-alcohol motifs (C(OH)–C–C–N with tert-alkyl or cyclic N) is 1. The van der Waals surface area contributed by atoms with E-state index < -0.39 is 0 Å². The van der Waals surface area contributed by atoms with E-state index in [4.69, 9.17) is 10.9 Å². The monoisotopic (exact) mass is 279 g/mol. The molecule has 1 fully saturated rings. The third-order valence-corrected chi connectivity index (χ3v) is 3.46. The molecule has 1 saturated heterocycles. The van der Waals surface area contributed by atoms with Crippen LogP contribution in [0.5, 0.6) is 0 Å². The highest BCUT2D eigenvalue weighted by molar-refractivity contribution is 6.02. The van der Waals surface area contributed by atoms with Crippen LogP contribution in [0.15, 0.2) is 23.6 Å². The third-order valence-electron chi connectivity index (χ3n) is 3.46. The zero-order valence-corrected chi connectivity index (χ0v) is 11.8. The van der Waals surface area contributed by atoms with Gasteiger partial charge in [-0.2, -0.15) is 0 Å². The predicted molar refractivity (Wildman–Crippen MR) is 77.1 cm³/mol. The molecular weight excluding hydrogens is 258 g/mol. The molecule has 0 radical (unpaired) electrons. The molecule has 1 aliphatic rings. The first kappa shape index (κ1) is 14.5. The van der Waals surface area contributed by atoms with Crippen molar-refractivity contribution >= 4 is 11.5 Å². The molecule has 0 spiro atoms. The summed E-state index contributed by atoms with van der Waals surface area (Å²) >= 11 is 0. The zero-order chi connectivity index (χ0) is 14.7. The fourth-order valence-corrected chi connectivity index (χ4v) is 2.67. The van der Waals surface area contributed by atoms with Crippen molar-refractivity contribution in [2.24, 2.45) is 10.9 Å². The molecule has 110 valence electrons. The SMILES string of the molecule is CN(C)CC1CC(O)CN1c1cnccc1/C(N)=N/O. The summed E-state index contributed by atoms with van der Waals surface area (Å²) in [6, 6.07) is 1.89. The van der Waals surface area contributed by atoms with E-state index in [1.807, 2.05) is 14.1 Å². The number of hydrogen-bond donors (Lipinski definition) is 3. The number of aliphatic hydroxyl groups excluding tert-OH is 1. The molecule has 4 N–H and O–H groups in total. The minimum Gasteiger partial charge on any atom is -0.409 e. The van der Waals surface area contributed by atoms with Crippen molar-refractivity contribution in [2.75, 3.05) is 32.1 Å². The normalized spacial score (nSPS) is 23.6. The molecule has 2 rings (SSSR count). The lowest BCUT2D eigenvalue weighted by atomic mass is 10.1. The van der Waals surface area contributed by atoms with Gasteiger partial charge in [-0.3, -0.25) is 4.98 Å². The number of pyridine rings is 1. The van der Waals surface area contributed by atoms with Crippen LogP contribution >= 0.6 is 0 Å². The van der Waals surface area contributed by atoms with Gasteiger partial charge in [0.1, 0.15) is 0 Å². The van der Waals surface area contributed by atoms with Gasteiger partial charge >= 0.3 is 0 Å². The highest BCUT2D eigenvalue weighted by Gasteiger charge is 2.33. The Hall–Kier alpha value is -1.86. The molecule has 1 aromatic heterocycles. The Morgan fingerprint density at radius 3 is 3.00 bits per heavy atom. The Labute approximate surface area is 118 Å². The first-order chi connectivity index (χ1) is 9.52. The molecule has 2 unspecified atom stereocenters. The van der Waals surface area contributed by atoms with Crippen molar-refractivity contribution in [1.82, 2.24) is 9.88 Å². The largest absolute Gasteiger partial charge is 0.409 e. The number of aliphatic hydroxyl groups is 1. The van der Waals surface area contributed by atoms with Crippen molar-refractivity contribution < 1.29 is 10.3 Å². The number of rotatable bonds is 4. The number of oxime groups is 1. The molecule has 0 aliphatic carbocycles. The number of anilines is 1. The Bertz CT molecular complexity index is 491. The molecule has 0 bridgehead atoms. The maximum absolute atomic E-state index is 9.94. The van der Waals surface area contributed by atoms with Crippen LogP contribution in [-0.2, 0) is 0 Å². The van der Waals surface area contributed by atoms with Crippen LogP contribution in [0.3, 0.4) is 0 Å². The zero-order valence-electron chi connectivity index (χ0n) is 11.8. The van der Waals surface area contributed by atoms with E-state index >= 15 is 0 Å². The lowest BCUT2D eigenvalue weighted by molar-refractivity contribution is 0.191. The van der Waals surface area contributed by atoms with Crippen molar-refractivity contribution in [3.8, 4) is 0 Å². The van der Waals surface area contributed by atoms with Crippen molar-refractivity contribution in [3.05, 3.63) is 24.0 Å². The van der Waals surface area contributed by atoms with Crippen molar-refractivity contribution in [2.45, 2.75) is 18.6 Å². The van der Waals surface area contributed by atoms with Gasteiger partial charge in [0.2, 0.25) is 0 Å².